The number of aliphatic hydroxyl groups is 2. The van der Waals surface area contributed by atoms with Crippen LogP contribution in [0, 0.1) is 5.41 Å². The van der Waals surface area contributed by atoms with E-state index in [9.17, 15) is 4.79 Å². The lowest BCUT2D eigenvalue weighted by atomic mass is 9.77. The molecule has 0 radical (unpaired) electrons. The van der Waals surface area contributed by atoms with Crippen molar-refractivity contribution < 1.29 is 20.1 Å². The standard InChI is InChI=1S/C10H20O4/c1-2-3-4-10(5-7-11,6-8-12)9(13)14/h11-12H,2-8H2,1H3,(H,13,14). The zero-order valence-electron chi connectivity index (χ0n) is 8.70. The molecule has 0 fully saturated rings. The molecular weight excluding hydrogens is 184 g/mol. The molecule has 0 aromatic carbocycles. The molecule has 0 atom stereocenters. The van der Waals surface area contributed by atoms with E-state index in [2.05, 4.69) is 0 Å². The van der Waals surface area contributed by atoms with Gasteiger partial charge in [0.1, 0.15) is 0 Å². The Labute approximate surface area is 84.6 Å². The Bertz CT molecular complexity index is 162. The lowest BCUT2D eigenvalue weighted by molar-refractivity contribution is -0.151. The van der Waals surface area contributed by atoms with E-state index >= 15 is 0 Å². The summed E-state index contributed by atoms with van der Waals surface area (Å²) in [5.74, 6) is -0.908. The summed E-state index contributed by atoms with van der Waals surface area (Å²) in [6.07, 6.45) is 2.71. The van der Waals surface area contributed by atoms with Crippen LogP contribution < -0.4 is 0 Å². The minimum atomic E-state index is -0.931. The third kappa shape index (κ3) is 3.64. The zero-order valence-corrected chi connectivity index (χ0v) is 8.70. The summed E-state index contributed by atoms with van der Waals surface area (Å²) in [4.78, 5) is 11.1. The molecule has 0 heterocycles. The number of rotatable bonds is 8. The topological polar surface area (TPSA) is 77.8 Å². The molecule has 0 bridgehead atoms. The van der Waals surface area contributed by atoms with E-state index in [1.54, 1.807) is 0 Å². The van der Waals surface area contributed by atoms with Gasteiger partial charge in [0, 0.05) is 13.2 Å². The number of carbonyl (C=O) groups is 1. The van der Waals surface area contributed by atoms with Crippen molar-refractivity contribution in [2.45, 2.75) is 39.0 Å². The normalized spacial score (nSPS) is 11.6. The average molecular weight is 204 g/mol. The number of hydrogen-bond acceptors (Lipinski definition) is 3. The van der Waals surface area contributed by atoms with E-state index < -0.39 is 11.4 Å². The van der Waals surface area contributed by atoms with Crippen molar-refractivity contribution in [2.75, 3.05) is 13.2 Å². The van der Waals surface area contributed by atoms with Crippen molar-refractivity contribution in [1.82, 2.24) is 0 Å². The molecule has 0 aliphatic heterocycles. The van der Waals surface area contributed by atoms with Crippen LogP contribution in [-0.4, -0.2) is 34.5 Å². The van der Waals surface area contributed by atoms with E-state index in [0.29, 0.717) is 6.42 Å². The van der Waals surface area contributed by atoms with Gasteiger partial charge >= 0.3 is 5.97 Å². The van der Waals surface area contributed by atoms with Gasteiger partial charge in [-0.2, -0.15) is 0 Å². The van der Waals surface area contributed by atoms with E-state index in [0.717, 1.165) is 12.8 Å². The molecule has 0 aliphatic carbocycles. The molecule has 4 nitrogen and oxygen atoms in total. The minimum Gasteiger partial charge on any atom is -0.481 e. The first-order chi connectivity index (χ1) is 6.63. The monoisotopic (exact) mass is 204 g/mol. The Morgan fingerprint density at radius 3 is 1.93 bits per heavy atom. The Balaban J connectivity index is 4.46. The molecule has 14 heavy (non-hydrogen) atoms. The summed E-state index contributed by atoms with van der Waals surface area (Å²) in [5, 5.41) is 26.8. The third-order valence-electron chi connectivity index (χ3n) is 2.64. The maximum Gasteiger partial charge on any atom is 0.309 e. The van der Waals surface area contributed by atoms with Crippen LogP contribution in [0.4, 0.5) is 0 Å². The summed E-state index contributed by atoms with van der Waals surface area (Å²) in [7, 11) is 0. The fourth-order valence-corrected chi connectivity index (χ4v) is 1.64. The molecule has 0 unspecified atom stereocenters. The van der Waals surface area contributed by atoms with E-state index in [1.165, 1.54) is 0 Å². The van der Waals surface area contributed by atoms with Crippen LogP contribution in [-0.2, 0) is 4.79 Å². The van der Waals surface area contributed by atoms with Crippen LogP contribution in [0.1, 0.15) is 39.0 Å². The molecule has 0 aromatic heterocycles. The SMILES string of the molecule is CCCCC(CCO)(CCO)C(=O)O. The fourth-order valence-electron chi connectivity index (χ4n) is 1.64. The quantitative estimate of drug-likeness (QED) is 0.551. The second-order valence-electron chi connectivity index (χ2n) is 3.64. The summed E-state index contributed by atoms with van der Waals surface area (Å²) < 4.78 is 0. The maximum absolute atomic E-state index is 11.1. The molecule has 0 aromatic rings. The van der Waals surface area contributed by atoms with Crippen LogP contribution in [0.2, 0.25) is 0 Å². The average Bonchev–Trinajstić information content (AvgIpc) is 2.14. The molecule has 84 valence electrons. The van der Waals surface area contributed by atoms with Gasteiger partial charge in [0.15, 0.2) is 0 Å². The van der Waals surface area contributed by atoms with Crippen molar-refractivity contribution >= 4 is 5.97 Å². The maximum atomic E-state index is 11.1. The second kappa shape index (κ2) is 6.79. The molecule has 0 saturated carbocycles. The lowest BCUT2D eigenvalue weighted by Gasteiger charge is -2.27. The highest BCUT2D eigenvalue weighted by Gasteiger charge is 2.36. The first kappa shape index (κ1) is 13.4. The van der Waals surface area contributed by atoms with Gasteiger partial charge in [-0.15, -0.1) is 0 Å². The Morgan fingerprint density at radius 2 is 1.64 bits per heavy atom. The number of aliphatic carboxylic acids is 1. The molecule has 0 rings (SSSR count). The van der Waals surface area contributed by atoms with Crippen molar-refractivity contribution in [3.05, 3.63) is 0 Å². The first-order valence-corrected chi connectivity index (χ1v) is 5.08. The smallest absolute Gasteiger partial charge is 0.309 e. The van der Waals surface area contributed by atoms with Crippen LogP contribution in [0.25, 0.3) is 0 Å². The minimum absolute atomic E-state index is 0.143. The molecular formula is C10H20O4. The van der Waals surface area contributed by atoms with Gasteiger partial charge in [-0.25, -0.2) is 0 Å². The van der Waals surface area contributed by atoms with Gasteiger partial charge in [0.05, 0.1) is 5.41 Å². The van der Waals surface area contributed by atoms with Crippen molar-refractivity contribution in [1.29, 1.82) is 0 Å². The van der Waals surface area contributed by atoms with Gasteiger partial charge in [-0.3, -0.25) is 4.79 Å². The van der Waals surface area contributed by atoms with Crippen LogP contribution in [0.3, 0.4) is 0 Å². The Morgan fingerprint density at radius 1 is 1.14 bits per heavy atom. The lowest BCUT2D eigenvalue weighted by Crippen LogP contribution is -2.33. The Hall–Kier alpha value is -0.610. The van der Waals surface area contributed by atoms with E-state index in [-0.39, 0.29) is 26.1 Å². The number of hydrogen-bond donors (Lipinski definition) is 3. The van der Waals surface area contributed by atoms with Crippen molar-refractivity contribution in [3.63, 3.8) is 0 Å². The second-order valence-corrected chi connectivity index (χ2v) is 3.64. The van der Waals surface area contributed by atoms with E-state index in [1.807, 2.05) is 6.92 Å². The number of unbranched alkanes of at least 4 members (excludes halogenated alkanes) is 1. The number of aliphatic hydroxyl groups excluding tert-OH is 2. The highest BCUT2D eigenvalue weighted by atomic mass is 16.4. The predicted molar refractivity (Wildman–Crippen MR) is 53.0 cm³/mol. The van der Waals surface area contributed by atoms with Gasteiger partial charge in [-0.1, -0.05) is 19.8 Å². The van der Waals surface area contributed by atoms with Crippen LogP contribution in [0.15, 0.2) is 0 Å². The number of carboxylic acids is 1. The summed E-state index contributed by atoms with van der Waals surface area (Å²) >= 11 is 0. The largest absolute Gasteiger partial charge is 0.481 e. The highest BCUT2D eigenvalue weighted by Crippen LogP contribution is 2.32. The molecule has 3 N–H and O–H groups in total. The van der Waals surface area contributed by atoms with Crippen LogP contribution in [0.5, 0.6) is 0 Å². The van der Waals surface area contributed by atoms with Gasteiger partial charge in [-0.05, 0) is 19.3 Å². The first-order valence-electron chi connectivity index (χ1n) is 5.08. The predicted octanol–water partition coefficient (Wildman–Crippen LogP) is 1.01. The molecule has 4 heteroatoms. The number of carboxylic acid groups (broad SMARTS) is 1. The highest BCUT2D eigenvalue weighted by molar-refractivity contribution is 5.74. The van der Waals surface area contributed by atoms with Gasteiger partial charge in [0.25, 0.3) is 0 Å². The van der Waals surface area contributed by atoms with Gasteiger partial charge < -0.3 is 15.3 Å². The van der Waals surface area contributed by atoms with Crippen molar-refractivity contribution in [2.24, 2.45) is 5.41 Å². The summed E-state index contributed by atoms with van der Waals surface area (Å²) in [5.41, 5.74) is -0.931. The van der Waals surface area contributed by atoms with Gasteiger partial charge in [0.2, 0.25) is 0 Å². The molecule has 0 amide bonds. The Kier molecular flexibility index (Phi) is 6.49. The van der Waals surface area contributed by atoms with Crippen LogP contribution >= 0.6 is 0 Å². The van der Waals surface area contributed by atoms with E-state index in [4.69, 9.17) is 15.3 Å². The summed E-state index contributed by atoms with van der Waals surface area (Å²) in [6, 6.07) is 0. The molecule has 0 aliphatic rings. The third-order valence-corrected chi connectivity index (χ3v) is 2.64. The molecule has 0 spiro atoms. The zero-order chi connectivity index (χ0) is 11.0. The molecule has 0 saturated heterocycles. The summed E-state index contributed by atoms with van der Waals surface area (Å²) in [6.45, 7) is 1.70. The fraction of sp³-hybridized carbons (Fsp3) is 0.900. The van der Waals surface area contributed by atoms with Crippen molar-refractivity contribution in [3.8, 4) is 0 Å².